The first-order chi connectivity index (χ1) is 14.7. The number of rotatable bonds is 8. The molecule has 1 fully saturated rings. The molecule has 5 nitrogen and oxygen atoms in total. The molecule has 2 rings (SSSR count). The summed E-state index contributed by atoms with van der Waals surface area (Å²) in [5, 5.41) is 2.58. The van der Waals surface area contributed by atoms with Crippen molar-refractivity contribution >= 4 is 14.4 Å². The molecule has 1 saturated carbocycles. The van der Waals surface area contributed by atoms with Crippen molar-refractivity contribution in [2.45, 2.75) is 108 Å². The van der Waals surface area contributed by atoms with Crippen LogP contribution in [-0.2, 0) is 9.47 Å². The van der Waals surface area contributed by atoms with Crippen LogP contribution in [0.2, 0.25) is 18.1 Å². The number of amides is 1. The van der Waals surface area contributed by atoms with Gasteiger partial charge in [0.05, 0.1) is 12.7 Å². The quantitative estimate of drug-likeness (QED) is 0.464. The number of hydrogen-bond donors (Lipinski definition) is 2. The van der Waals surface area contributed by atoms with Gasteiger partial charge in [0, 0.05) is 18.4 Å². The highest BCUT2D eigenvalue weighted by Crippen LogP contribution is 2.44. The van der Waals surface area contributed by atoms with E-state index in [4.69, 9.17) is 9.47 Å². The predicted octanol–water partition coefficient (Wildman–Crippen LogP) is 5.94. The molecule has 0 spiro atoms. The Labute approximate surface area is 194 Å². The third-order valence-electron chi connectivity index (χ3n) is 6.63. The SMILES string of the molecule is CC(C)(C)OC(=O)N[C@H]1CC[C@H](OCC(CC(C)(C)[Si](C)(C)O)c2ccccc2)[C@@H](F)C1. The molecule has 32 heavy (non-hydrogen) atoms. The maximum Gasteiger partial charge on any atom is 0.407 e. The van der Waals surface area contributed by atoms with E-state index in [2.05, 4.69) is 31.3 Å². The number of ether oxygens (including phenoxy) is 2. The van der Waals surface area contributed by atoms with Gasteiger partial charge in [-0.25, -0.2) is 9.18 Å². The van der Waals surface area contributed by atoms with E-state index in [-0.39, 0.29) is 23.4 Å². The van der Waals surface area contributed by atoms with Gasteiger partial charge in [-0.1, -0.05) is 44.2 Å². The summed E-state index contributed by atoms with van der Waals surface area (Å²) >= 11 is 0. The lowest BCUT2D eigenvalue weighted by molar-refractivity contribution is -0.0384. The summed E-state index contributed by atoms with van der Waals surface area (Å²) in [5.74, 6) is 0.0786. The van der Waals surface area contributed by atoms with Crippen LogP contribution in [0.1, 0.15) is 71.8 Å². The normalized spacial score (nSPS) is 23.5. The Morgan fingerprint density at radius 3 is 2.34 bits per heavy atom. The molecule has 1 unspecified atom stereocenters. The van der Waals surface area contributed by atoms with Crippen LogP contribution in [0.25, 0.3) is 0 Å². The van der Waals surface area contributed by atoms with Crippen molar-refractivity contribution in [2.24, 2.45) is 0 Å². The van der Waals surface area contributed by atoms with E-state index in [1.54, 1.807) is 20.8 Å². The molecule has 7 heteroatoms. The molecule has 1 aliphatic rings. The van der Waals surface area contributed by atoms with E-state index < -0.39 is 32.3 Å². The number of carbonyl (C=O) groups excluding carboxylic acids is 1. The summed E-state index contributed by atoms with van der Waals surface area (Å²) in [7, 11) is -2.39. The molecular formula is C25H42FNO4Si. The van der Waals surface area contributed by atoms with Crippen LogP contribution in [-0.4, -0.2) is 49.7 Å². The van der Waals surface area contributed by atoms with Crippen LogP contribution in [0.4, 0.5) is 9.18 Å². The van der Waals surface area contributed by atoms with E-state index in [0.717, 1.165) is 12.0 Å². The minimum absolute atomic E-state index is 0.0786. The van der Waals surface area contributed by atoms with Crippen LogP contribution >= 0.6 is 0 Å². The van der Waals surface area contributed by atoms with E-state index in [9.17, 15) is 14.0 Å². The fourth-order valence-corrected chi connectivity index (χ4v) is 4.73. The van der Waals surface area contributed by atoms with Crippen LogP contribution in [0.5, 0.6) is 0 Å². The summed E-state index contributed by atoms with van der Waals surface area (Å²) in [6.45, 7) is 14.0. The van der Waals surface area contributed by atoms with Crippen LogP contribution < -0.4 is 5.32 Å². The molecule has 182 valence electrons. The van der Waals surface area contributed by atoms with E-state index in [0.29, 0.717) is 19.4 Å². The second-order valence-corrected chi connectivity index (χ2v) is 15.8. The van der Waals surface area contributed by atoms with Crippen molar-refractivity contribution in [1.82, 2.24) is 5.32 Å². The average Bonchev–Trinajstić information content (AvgIpc) is 2.64. The molecule has 1 amide bonds. The molecular weight excluding hydrogens is 425 g/mol. The second kappa shape index (κ2) is 10.7. The highest BCUT2D eigenvalue weighted by Gasteiger charge is 2.40. The highest BCUT2D eigenvalue weighted by molar-refractivity contribution is 6.72. The zero-order valence-corrected chi connectivity index (χ0v) is 21.8. The van der Waals surface area contributed by atoms with Crippen molar-refractivity contribution in [3.8, 4) is 0 Å². The largest absolute Gasteiger partial charge is 0.444 e. The number of alkyl halides is 1. The van der Waals surface area contributed by atoms with Crippen molar-refractivity contribution < 1.29 is 23.5 Å². The van der Waals surface area contributed by atoms with Crippen molar-refractivity contribution in [3.63, 3.8) is 0 Å². The maximum absolute atomic E-state index is 14.9. The minimum Gasteiger partial charge on any atom is -0.444 e. The molecule has 1 aromatic carbocycles. The first kappa shape index (κ1) is 26.8. The van der Waals surface area contributed by atoms with Gasteiger partial charge in [0.15, 0.2) is 8.32 Å². The van der Waals surface area contributed by atoms with Gasteiger partial charge in [-0.3, -0.25) is 0 Å². The fraction of sp³-hybridized carbons (Fsp3) is 0.720. The zero-order chi connectivity index (χ0) is 24.2. The topological polar surface area (TPSA) is 67.8 Å². The van der Waals surface area contributed by atoms with Gasteiger partial charge < -0.3 is 19.6 Å². The summed E-state index contributed by atoms with van der Waals surface area (Å²) in [5.41, 5.74) is 0.570. The van der Waals surface area contributed by atoms with Crippen molar-refractivity contribution in [3.05, 3.63) is 35.9 Å². The third-order valence-corrected chi connectivity index (χ3v) is 10.1. The molecule has 0 aromatic heterocycles. The third kappa shape index (κ3) is 8.16. The van der Waals surface area contributed by atoms with Crippen molar-refractivity contribution in [2.75, 3.05) is 6.61 Å². The molecule has 0 aliphatic heterocycles. The number of hydrogen-bond acceptors (Lipinski definition) is 4. The molecule has 0 saturated heterocycles. The number of nitrogens with one attached hydrogen (secondary N) is 1. The number of benzene rings is 1. The molecule has 0 heterocycles. The summed E-state index contributed by atoms with van der Waals surface area (Å²) in [6, 6.07) is 9.89. The Balaban J connectivity index is 1.96. The van der Waals surface area contributed by atoms with E-state index in [1.807, 2.05) is 31.3 Å². The van der Waals surface area contributed by atoms with Gasteiger partial charge in [0.1, 0.15) is 11.8 Å². The van der Waals surface area contributed by atoms with Gasteiger partial charge >= 0.3 is 6.09 Å². The number of alkyl carbamates (subject to hydrolysis) is 1. The molecule has 0 bridgehead atoms. The Bertz CT molecular complexity index is 730. The van der Waals surface area contributed by atoms with Gasteiger partial charge in [0.25, 0.3) is 0 Å². The van der Waals surface area contributed by atoms with Gasteiger partial charge in [-0.05, 0) is 63.7 Å². The van der Waals surface area contributed by atoms with Gasteiger partial charge in [0.2, 0.25) is 0 Å². The Hall–Kier alpha value is -1.44. The number of halogens is 1. The van der Waals surface area contributed by atoms with Crippen LogP contribution in [0, 0.1) is 0 Å². The van der Waals surface area contributed by atoms with Crippen LogP contribution in [0.15, 0.2) is 30.3 Å². The minimum atomic E-state index is -2.39. The molecule has 1 aromatic rings. The highest BCUT2D eigenvalue weighted by atomic mass is 28.4. The lowest BCUT2D eigenvalue weighted by Gasteiger charge is -2.39. The first-order valence-electron chi connectivity index (χ1n) is 11.7. The van der Waals surface area contributed by atoms with E-state index >= 15 is 0 Å². The second-order valence-electron chi connectivity index (χ2n) is 11.3. The van der Waals surface area contributed by atoms with Gasteiger partial charge in [-0.15, -0.1) is 0 Å². The lowest BCUT2D eigenvalue weighted by Crippen LogP contribution is -2.46. The Morgan fingerprint density at radius 2 is 1.81 bits per heavy atom. The molecule has 4 atom stereocenters. The zero-order valence-electron chi connectivity index (χ0n) is 20.8. The van der Waals surface area contributed by atoms with E-state index in [1.165, 1.54) is 0 Å². The first-order valence-corrected chi connectivity index (χ1v) is 14.7. The Morgan fingerprint density at radius 1 is 1.19 bits per heavy atom. The molecule has 1 aliphatic carbocycles. The standard InChI is InChI=1S/C25H42FNO4Si/c1-24(2,3)31-23(28)27-20-13-14-22(21(26)15-20)30-17-19(18-11-9-8-10-12-18)16-25(4,5)32(6,7)29/h8-12,19-22,29H,13-17H2,1-7H3,(H,27,28)/t19?,20-,21-,22-/m0/s1. The van der Waals surface area contributed by atoms with Crippen LogP contribution in [0.3, 0.4) is 0 Å². The summed E-state index contributed by atoms with van der Waals surface area (Å²) in [6.07, 6.45) is 0.0737. The Kier molecular flexibility index (Phi) is 8.93. The smallest absolute Gasteiger partial charge is 0.407 e. The number of carbonyl (C=O) groups is 1. The average molecular weight is 468 g/mol. The predicted molar refractivity (Wildman–Crippen MR) is 129 cm³/mol. The maximum atomic E-state index is 14.9. The fourth-order valence-electron chi connectivity index (χ4n) is 3.98. The summed E-state index contributed by atoms with van der Waals surface area (Å²) < 4.78 is 26.3. The molecule has 2 N–H and O–H groups in total. The van der Waals surface area contributed by atoms with Crippen molar-refractivity contribution in [1.29, 1.82) is 0 Å². The van der Waals surface area contributed by atoms with Gasteiger partial charge in [-0.2, -0.15) is 0 Å². The lowest BCUT2D eigenvalue weighted by atomic mass is 9.89. The monoisotopic (exact) mass is 467 g/mol. The summed E-state index contributed by atoms with van der Waals surface area (Å²) in [4.78, 5) is 22.8. The molecule has 0 radical (unpaired) electrons.